The van der Waals surface area contributed by atoms with Crippen molar-refractivity contribution in [2.75, 3.05) is 5.73 Å². The Bertz CT molecular complexity index is 556. The number of anilines is 1. The van der Waals surface area contributed by atoms with Crippen LogP contribution in [-0.4, -0.2) is 5.16 Å². The predicted molar refractivity (Wildman–Crippen MR) is 53.9 cm³/mol. The molecule has 0 aliphatic heterocycles. The largest absolute Gasteiger partial charge is 0.381 e. The summed E-state index contributed by atoms with van der Waals surface area (Å²) in [4.78, 5) is 0. The predicted octanol–water partition coefficient (Wildman–Crippen LogP) is 3.10. The maximum atomic E-state index is 13.6. The molecule has 3 nitrogen and oxygen atoms in total. The van der Waals surface area contributed by atoms with Gasteiger partial charge in [-0.1, -0.05) is 5.16 Å². The van der Waals surface area contributed by atoms with Crippen LogP contribution < -0.4 is 5.73 Å². The van der Waals surface area contributed by atoms with Crippen LogP contribution >= 0.6 is 15.9 Å². The summed E-state index contributed by atoms with van der Waals surface area (Å²) in [5.41, 5.74) is 4.73. The van der Waals surface area contributed by atoms with Gasteiger partial charge in [0.05, 0.1) is 10.0 Å². The minimum absolute atomic E-state index is 0.0192. The van der Waals surface area contributed by atoms with Gasteiger partial charge in [-0.3, -0.25) is 0 Å². The fourth-order valence-electron chi connectivity index (χ4n) is 1.20. The number of hydrogen-bond donors (Lipinski definition) is 1. The molecular weight excluding hydrogens is 289 g/mol. The van der Waals surface area contributed by atoms with Gasteiger partial charge in [0, 0.05) is 12.1 Å². The number of rotatable bonds is 1. The fourth-order valence-corrected chi connectivity index (χ4v) is 1.51. The summed E-state index contributed by atoms with van der Waals surface area (Å²) in [6.07, 6.45) is 0. The van der Waals surface area contributed by atoms with Gasteiger partial charge in [-0.15, -0.1) is 0 Å². The zero-order valence-electron chi connectivity index (χ0n) is 7.60. The summed E-state index contributed by atoms with van der Waals surface area (Å²) in [6, 6.07) is 1.69. The summed E-state index contributed by atoms with van der Waals surface area (Å²) in [6.45, 7) is 0. The lowest BCUT2D eigenvalue weighted by molar-refractivity contribution is 0.428. The highest BCUT2D eigenvalue weighted by atomic mass is 79.9. The van der Waals surface area contributed by atoms with Crippen molar-refractivity contribution in [1.82, 2.24) is 5.16 Å². The second-order valence-electron chi connectivity index (χ2n) is 2.96. The van der Waals surface area contributed by atoms with Crippen LogP contribution in [0.25, 0.3) is 11.3 Å². The number of aromatic nitrogens is 1. The van der Waals surface area contributed by atoms with Gasteiger partial charge in [-0.05, 0) is 15.9 Å². The molecule has 84 valence electrons. The molecule has 2 aromatic rings. The van der Waals surface area contributed by atoms with E-state index in [4.69, 9.17) is 5.73 Å². The number of nitrogens with two attached hydrogens (primary N) is 1. The summed E-state index contributed by atoms with van der Waals surface area (Å²) in [5.74, 6) is -3.45. The second kappa shape index (κ2) is 3.82. The maximum absolute atomic E-state index is 13.6. The first kappa shape index (κ1) is 11.0. The molecule has 7 heteroatoms. The molecule has 1 heterocycles. The molecule has 2 rings (SSSR count). The lowest BCUT2D eigenvalue weighted by Gasteiger charge is -2.03. The SMILES string of the molecule is Nc1cc(-c2c(F)cc(F)c(Br)c2F)on1. The number of nitrogen functional groups attached to an aromatic ring is 1. The molecule has 0 radical (unpaired) electrons. The maximum Gasteiger partial charge on any atom is 0.175 e. The van der Waals surface area contributed by atoms with E-state index in [1.165, 1.54) is 0 Å². The van der Waals surface area contributed by atoms with Gasteiger partial charge in [0.1, 0.15) is 11.6 Å². The average Bonchev–Trinajstić information content (AvgIpc) is 2.61. The molecule has 0 atom stereocenters. The molecule has 0 saturated heterocycles. The van der Waals surface area contributed by atoms with Gasteiger partial charge in [0.15, 0.2) is 17.4 Å². The van der Waals surface area contributed by atoms with Crippen LogP contribution in [-0.2, 0) is 0 Å². The monoisotopic (exact) mass is 292 g/mol. The highest BCUT2D eigenvalue weighted by Crippen LogP contribution is 2.33. The molecule has 1 aromatic heterocycles. The molecule has 0 aliphatic rings. The first-order valence-electron chi connectivity index (χ1n) is 4.06. The van der Waals surface area contributed by atoms with Crippen LogP contribution in [0.15, 0.2) is 21.1 Å². The fraction of sp³-hybridized carbons (Fsp3) is 0. The van der Waals surface area contributed by atoms with Crippen LogP contribution in [0.4, 0.5) is 19.0 Å². The smallest absolute Gasteiger partial charge is 0.175 e. The van der Waals surface area contributed by atoms with Crippen molar-refractivity contribution in [2.45, 2.75) is 0 Å². The lowest BCUT2D eigenvalue weighted by Crippen LogP contribution is -1.94. The first-order valence-corrected chi connectivity index (χ1v) is 4.85. The molecular formula is C9H4BrF3N2O. The van der Waals surface area contributed by atoms with E-state index in [0.717, 1.165) is 6.07 Å². The van der Waals surface area contributed by atoms with E-state index in [9.17, 15) is 13.2 Å². The van der Waals surface area contributed by atoms with Gasteiger partial charge in [-0.25, -0.2) is 13.2 Å². The Balaban J connectivity index is 2.70. The Morgan fingerprint density at radius 2 is 1.88 bits per heavy atom. The van der Waals surface area contributed by atoms with Gasteiger partial charge >= 0.3 is 0 Å². The number of halogens is 4. The standard InChI is InChI=1S/C9H4BrF3N2O/c10-8-4(12)1-3(11)7(9(8)13)5-2-6(14)15-16-5/h1-2H,(H2,14,15). The summed E-state index contributed by atoms with van der Waals surface area (Å²) in [5, 5.41) is 3.29. The minimum Gasteiger partial charge on any atom is -0.381 e. The third kappa shape index (κ3) is 1.67. The Hall–Kier alpha value is -1.50. The normalized spacial score (nSPS) is 10.8. The van der Waals surface area contributed by atoms with E-state index in [-0.39, 0.29) is 11.6 Å². The van der Waals surface area contributed by atoms with Crippen LogP contribution in [0.3, 0.4) is 0 Å². The zero-order chi connectivity index (χ0) is 11.9. The van der Waals surface area contributed by atoms with Crippen LogP contribution in [0.2, 0.25) is 0 Å². The van der Waals surface area contributed by atoms with Gasteiger partial charge in [0.25, 0.3) is 0 Å². The topological polar surface area (TPSA) is 52.0 Å². The average molecular weight is 293 g/mol. The van der Waals surface area contributed by atoms with Gasteiger partial charge < -0.3 is 10.3 Å². The third-order valence-electron chi connectivity index (χ3n) is 1.89. The van der Waals surface area contributed by atoms with E-state index in [0.29, 0.717) is 6.07 Å². The van der Waals surface area contributed by atoms with Crippen molar-refractivity contribution in [2.24, 2.45) is 0 Å². The van der Waals surface area contributed by atoms with Crippen molar-refractivity contribution in [3.05, 3.63) is 34.1 Å². The van der Waals surface area contributed by atoms with Crippen LogP contribution in [0, 0.1) is 17.5 Å². The van der Waals surface area contributed by atoms with Gasteiger partial charge in [0.2, 0.25) is 0 Å². The molecule has 0 bridgehead atoms. The molecule has 0 unspecified atom stereocenters. The molecule has 0 fully saturated rings. The van der Waals surface area contributed by atoms with Crippen molar-refractivity contribution >= 4 is 21.7 Å². The molecule has 0 spiro atoms. The highest BCUT2D eigenvalue weighted by Gasteiger charge is 2.21. The molecule has 0 aliphatic carbocycles. The van der Waals surface area contributed by atoms with Crippen molar-refractivity contribution in [3.8, 4) is 11.3 Å². The summed E-state index contributed by atoms with van der Waals surface area (Å²) < 4.78 is 44.0. The Kier molecular flexibility index (Phi) is 2.63. The van der Waals surface area contributed by atoms with E-state index in [1.807, 2.05) is 0 Å². The first-order chi connectivity index (χ1) is 7.50. The molecule has 2 N–H and O–H groups in total. The second-order valence-corrected chi connectivity index (χ2v) is 3.75. The number of nitrogens with zero attached hydrogens (tertiary/aromatic N) is 1. The van der Waals surface area contributed by atoms with Crippen molar-refractivity contribution in [3.63, 3.8) is 0 Å². The minimum atomic E-state index is -1.10. The van der Waals surface area contributed by atoms with E-state index < -0.39 is 27.5 Å². The number of benzene rings is 1. The molecule has 0 amide bonds. The van der Waals surface area contributed by atoms with Crippen molar-refractivity contribution < 1.29 is 17.7 Å². The molecule has 0 saturated carbocycles. The summed E-state index contributed by atoms with van der Waals surface area (Å²) >= 11 is 2.66. The molecule has 1 aromatic carbocycles. The van der Waals surface area contributed by atoms with E-state index in [2.05, 4.69) is 25.6 Å². The highest BCUT2D eigenvalue weighted by molar-refractivity contribution is 9.10. The zero-order valence-corrected chi connectivity index (χ0v) is 9.19. The Morgan fingerprint density at radius 3 is 2.44 bits per heavy atom. The Morgan fingerprint density at radius 1 is 1.19 bits per heavy atom. The van der Waals surface area contributed by atoms with Crippen LogP contribution in [0.1, 0.15) is 0 Å². The van der Waals surface area contributed by atoms with Crippen LogP contribution in [0.5, 0.6) is 0 Å². The van der Waals surface area contributed by atoms with E-state index >= 15 is 0 Å². The summed E-state index contributed by atoms with van der Waals surface area (Å²) in [7, 11) is 0. The number of hydrogen-bond acceptors (Lipinski definition) is 3. The third-order valence-corrected chi connectivity index (χ3v) is 2.62. The Labute approximate surface area is 96.2 Å². The quantitative estimate of drug-likeness (QED) is 0.649. The van der Waals surface area contributed by atoms with E-state index in [1.54, 1.807) is 0 Å². The lowest BCUT2D eigenvalue weighted by atomic mass is 10.1. The van der Waals surface area contributed by atoms with Crippen molar-refractivity contribution in [1.29, 1.82) is 0 Å². The molecule has 16 heavy (non-hydrogen) atoms. The van der Waals surface area contributed by atoms with Gasteiger partial charge in [-0.2, -0.15) is 0 Å².